The first-order valence-corrected chi connectivity index (χ1v) is 12.0. The van der Waals surface area contributed by atoms with E-state index in [1.54, 1.807) is 0 Å². The Hall–Kier alpha value is -2.37. The fourth-order valence-electron chi connectivity index (χ4n) is 4.34. The number of hydrogen-bond donors (Lipinski definition) is 0. The molecule has 2 heteroatoms. The number of benzene rings is 3. The van der Waals surface area contributed by atoms with Crippen molar-refractivity contribution < 1.29 is 4.74 Å². The van der Waals surface area contributed by atoms with Gasteiger partial charge in [0.25, 0.3) is 0 Å². The van der Waals surface area contributed by atoms with Gasteiger partial charge in [0.2, 0.25) is 0 Å². The molecule has 3 aromatic carbocycles. The van der Waals surface area contributed by atoms with Gasteiger partial charge >= 0.3 is 0 Å². The molecule has 3 aromatic rings. The van der Waals surface area contributed by atoms with Gasteiger partial charge in [0.1, 0.15) is 34.2 Å². The molecule has 1 aliphatic carbocycles. The molecule has 0 N–H and O–H groups in total. The standard InChI is InChI=1S/C26H28OP/c1-21(2)27-25-19-12-20-26(25)28(22-13-6-3-7-14-22,23-15-8-4-9-16-23)24-17-10-5-11-18-24/h3-11,13-18,21H,12,19-20H2,1-2H3/q+1. The maximum Gasteiger partial charge on any atom is 0.143 e. The number of hydrogen-bond acceptors (Lipinski definition) is 1. The highest BCUT2D eigenvalue weighted by atomic mass is 31.2. The fraction of sp³-hybridized carbons (Fsp3) is 0.231. The molecule has 0 amide bonds. The third-order valence-electron chi connectivity index (χ3n) is 5.35. The first kappa shape index (κ1) is 19.0. The average Bonchev–Trinajstić information content (AvgIpc) is 3.19. The molecule has 0 heterocycles. The summed E-state index contributed by atoms with van der Waals surface area (Å²) in [7, 11) is -1.96. The van der Waals surface area contributed by atoms with Crippen molar-refractivity contribution in [3.63, 3.8) is 0 Å². The van der Waals surface area contributed by atoms with E-state index in [4.69, 9.17) is 4.74 Å². The molecule has 142 valence electrons. The minimum atomic E-state index is -1.96. The van der Waals surface area contributed by atoms with Gasteiger partial charge in [-0.25, -0.2) is 0 Å². The third-order valence-corrected chi connectivity index (χ3v) is 9.85. The van der Waals surface area contributed by atoms with Crippen molar-refractivity contribution in [2.24, 2.45) is 0 Å². The SMILES string of the molecule is CC(C)OC1=C([P+](c2ccccc2)(c2ccccc2)c2ccccc2)CCC1. The molecular formula is C26H28OP+. The molecule has 0 radical (unpaired) electrons. The highest BCUT2D eigenvalue weighted by Gasteiger charge is 2.52. The van der Waals surface area contributed by atoms with Crippen LogP contribution in [0.3, 0.4) is 0 Å². The Morgan fingerprint density at radius 1 is 0.643 bits per heavy atom. The van der Waals surface area contributed by atoms with Crippen LogP contribution in [0.5, 0.6) is 0 Å². The number of allylic oxidation sites excluding steroid dienone is 2. The van der Waals surface area contributed by atoms with Crippen LogP contribution in [0, 0.1) is 0 Å². The second kappa shape index (κ2) is 8.33. The summed E-state index contributed by atoms with van der Waals surface area (Å²) < 4.78 is 6.40. The van der Waals surface area contributed by atoms with Crippen LogP contribution in [0.25, 0.3) is 0 Å². The van der Waals surface area contributed by atoms with Gasteiger partial charge in [-0.1, -0.05) is 54.6 Å². The van der Waals surface area contributed by atoms with Crippen molar-refractivity contribution in [1.82, 2.24) is 0 Å². The van der Waals surface area contributed by atoms with Gasteiger partial charge in [0, 0.05) is 12.8 Å². The van der Waals surface area contributed by atoms with E-state index in [2.05, 4.69) is 105 Å². The highest BCUT2D eigenvalue weighted by Crippen LogP contribution is 2.66. The van der Waals surface area contributed by atoms with Crippen LogP contribution in [-0.2, 0) is 4.74 Å². The van der Waals surface area contributed by atoms with Gasteiger partial charge in [-0.3, -0.25) is 0 Å². The van der Waals surface area contributed by atoms with Crippen molar-refractivity contribution in [1.29, 1.82) is 0 Å². The number of ether oxygens (including phenoxy) is 1. The van der Waals surface area contributed by atoms with Crippen molar-refractivity contribution >= 4 is 23.2 Å². The van der Waals surface area contributed by atoms with Crippen molar-refractivity contribution in [2.45, 2.75) is 39.2 Å². The summed E-state index contributed by atoms with van der Waals surface area (Å²) in [5.41, 5.74) is 0. The van der Waals surface area contributed by atoms with E-state index in [1.165, 1.54) is 33.4 Å². The Kier molecular flexibility index (Phi) is 5.64. The van der Waals surface area contributed by atoms with E-state index in [1.807, 2.05) is 0 Å². The molecule has 28 heavy (non-hydrogen) atoms. The zero-order valence-electron chi connectivity index (χ0n) is 16.7. The number of rotatable bonds is 6. The van der Waals surface area contributed by atoms with Gasteiger partial charge in [0.05, 0.1) is 6.10 Å². The maximum absolute atomic E-state index is 6.40. The average molecular weight is 387 g/mol. The minimum Gasteiger partial charge on any atom is -0.492 e. The van der Waals surface area contributed by atoms with E-state index < -0.39 is 7.26 Å². The summed E-state index contributed by atoms with van der Waals surface area (Å²) in [4.78, 5) is 0. The van der Waals surface area contributed by atoms with E-state index >= 15 is 0 Å². The van der Waals surface area contributed by atoms with E-state index in [0.717, 1.165) is 12.8 Å². The summed E-state index contributed by atoms with van der Waals surface area (Å²) in [5, 5.41) is 5.75. The van der Waals surface area contributed by atoms with Crippen LogP contribution in [-0.4, -0.2) is 6.10 Å². The van der Waals surface area contributed by atoms with Crippen LogP contribution in [0.15, 0.2) is 102 Å². The van der Waals surface area contributed by atoms with Crippen LogP contribution in [0.2, 0.25) is 0 Å². The second-order valence-electron chi connectivity index (χ2n) is 7.57. The van der Waals surface area contributed by atoms with Gasteiger partial charge in [-0.05, 0) is 56.7 Å². The summed E-state index contributed by atoms with van der Waals surface area (Å²) in [6.07, 6.45) is 3.52. The Balaban J connectivity index is 2.08. The lowest BCUT2D eigenvalue weighted by atomic mass is 10.3. The molecule has 1 nitrogen and oxygen atoms in total. The molecule has 0 unspecified atom stereocenters. The lowest BCUT2D eigenvalue weighted by Crippen LogP contribution is -2.32. The van der Waals surface area contributed by atoms with Crippen molar-refractivity contribution in [3.8, 4) is 0 Å². The molecule has 0 aliphatic heterocycles. The molecule has 0 bridgehead atoms. The lowest BCUT2D eigenvalue weighted by molar-refractivity contribution is 0.142. The quantitative estimate of drug-likeness (QED) is 0.486. The van der Waals surface area contributed by atoms with Crippen LogP contribution in [0.1, 0.15) is 33.1 Å². The van der Waals surface area contributed by atoms with Crippen LogP contribution in [0.4, 0.5) is 0 Å². The van der Waals surface area contributed by atoms with E-state index in [0.29, 0.717) is 0 Å². The predicted octanol–water partition coefficient (Wildman–Crippen LogP) is 5.80. The van der Waals surface area contributed by atoms with Crippen LogP contribution >= 0.6 is 7.26 Å². The molecule has 0 spiro atoms. The summed E-state index contributed by atoms with van der Waals surface area (Å²) in [6.45, 7) is 4.27. The Morgan fingerprint density at radius 2 is 1.07 bits per heavy atom. The summed E-state index contributed by atoms with van der Waals surface area (Å²) in [5.74, 6) is 1.22. The van der Waals surface area contributed by atoms with E-state index in [-0.39, 0.29) is 6.10 Å². The van der Waals surface area contributed by atoms with Crippen molar-refractivity contribution in [2.75, 3.05) is 0 Å². The normalized spacial score (nSPS) is 14.5. The summed E-state index contributed by atoms with van der Waals surface area (Å²) in [6, 6.07) is 33.3. The molecule has 4 rings (SSSR count). The Bertz CT molecular complexity index is 833. The molecule has 0 atom stereocenters. The Morgan fingerprint density at radius 3 is 1.46 bits per heavy atom. The molecule has 1 aliphatic rings. The zero-order valence-corrected chi connectivity index (χ0v) is 17.6. The topological polar surface area (TPSA) is 9.23 Å². The molecular weight excluding hydrogens is 359 g/mol. The lowest BCUT2D eigenvalue weighted by Gasteiger charge is -2.29. The minimum absolute atomic E-state index is 0.201. The smallest absolute Gasteiger partial charge is 0.143 e. The molecule has 0 fully saturated rings. The Labute approximate surface area is 169 Å². The summed E-state index contributed by atoms with van der Waals surface area (Å²) >= 11 is 0. The highest BCUT2D eigenvalue weighted by molar-refractivity contribution is 7.99. The molecule has 0 aromatic heterocycles. The predicted molar refractivity (Wildman–Crippen MR) is 122 cm³/mol. The molecule has 0 saturated heterocycles. The first-order chi connectivity index (χ1) is 13.7. The monoisotopic (exact) mass is 387 g/mol. The van der Waals surface area contributed by atoms with E-state index in [9.17, 15) is 0 Å². The van der Waals surface area contributed by atoms with Crippen molar-refractivity contribution in [3.05, 3.63) is 102 Å². The maximum atomic E-state index is 6.40. The fourth-order valence-corrected chi connectivity index (χ4v) is 9.06. The van der Waals surface area contributed by atoms with Gasteiger partial charge in [-0.15, -0.1) is 0 Å². The zero-order chi connectivity index (χ0) is 19.4. The van der Waals surface area contributed by atoms with Gasteiger partial charge < -0.3 is 4.74 Å². The largest absolute Gasteiger partial charge is 0.492 e. The first-order valence-electron chi connectivity index (χ1n) is 10.2. The van der Waals surface area contributed by atoms with Gasteiger partial charge in [0.15, 0.2) is 0 Å². The molecule has 0 saturated carbocycles. The van der Waals surface area contributed by atoms with Gasteiger partial charge in [-0.2, -0.15) is 0 Å². The second-order valence-corrected chi connectivity index (χ2v) is 11.0. The third kappa shape index (κ3) is 3.40. The van der Waals surface area contributed by atoms with Crippen LogP contribution < -0.4 is 15.9 Å².